The van der Waals surface area contributed by atoms with Crippen molar-refractivity contribution in [2.45, 2.75) is 19.4 Å². The summed E-state index contributed by atoms with van der Waals surface area (Å²) >= 11 is 0. The number of likely N-dealkylation sites (N-methyl/N-ethyl adjacent to an activating group) is 1. The lowest BCUT2D eigenvalue weighted by Crippen LogP contribution is -2.53. The molecule has 0 aromatic rings. The van der Waals surface area contributed by atoms with E-state index in [0.717, 1.165) is 0 Å². The molecule has 0 unspecified atom stereocenters. The number of carbonyl (C=O) groups excluding carboxylic acids is 1. The van der Waals surface area contributed by atoms with Crippen molar-refractivity contribution in [3.05, 3.63) is 0 Å². The monoisotopic (exact) mass is 167 g/mol. The van der Waals surface area contributed by atoms with Gasteiger partial charge in [0.05, 0.1) is 5.54 Å². The summed E-state index contributed by atoms with van der Waals surface area (Å²) in [4.78, 5) is 10.8. The van der Waals surface area contributed by atoms with E-state index in [1.165, 1.54) is 0 Å². The number of carbonyl (C=O) groups is 1. The highest BCUT2D eigenvalue weighted by Crippen LogP contribution is 1.97. The maximum absolute atomic E-state index is 10.8. The average molecular weight is 168 g/mol. The van der Waals surface area contributed by atoms with Gasteiger partial charge in [-0.25, -0.2) is 5.84 Å². The molecule has 0 aliphatic rings. The first-order valence-electron chi connectivity index (χ1n) is 2.74. The van der Waals surface area contributed by atoms with Crippen LogP contribution in [0, 0.1) is 0 Å². The van der Waals surface area contributed by atoms with E-state index in [9.17, 15) is 4.79 Å². The van der Waals surface area contributed by atoms with Crippen LogP contribution in [0.1, 0.15) is 13.8 Å². The van der Waals surface area contributed by atoms with Crippen molar-refractivity contribution in [2.75, 3.05) is 7.05 Å². The predicted octanol–water partition coefficient (Wildman–Crippen LogP) is -0.604. The Balaban J connectivity index is 0. The molecule has 5 heteroatoms. The summed E-state index contributed by atoms with van der Waals surface area (Å²) in [7, 11) is 1.70. The van der Waals surface area contributed by atoms with Crippen LogP contribution >= 0.6 is 12.4 Å². The lowest BCUT2D eigenvalue weighted by molar-refractivity contribution is -0.126. The van der Waals surface area contributed by atoms with Gasteiger partial charge in [0.25, 0.3) is 5.91 Å². The fraction of sp³-hybridized carbons (Fsp3) is 0.800. The molecule has 0 heterocycles. The summed E-state index contributed by atoms with van der Waals surface area (Å²) in [6.45, 7) is 3.49. The van der Waals surface area contributed by atoms with Gasteiger partial charge in [0.2, 0.25) is 0 Å². The minimum Gasteiger partial charge on any atom is -0.307 e. The van der Waals surface area contributed by atoms with E-state index in [-0.39, 0.29) is 18.3 Å². The Hall–Kier alpha value is -0.320. The number of halogens is 1. The number of hydrogen-bond acceptors (Lipinski definition) is 3. The van der Waals surface area contributed by atoms with E-state index in [2.05, 4.69) is 10.7 Å². The topological polar surface area (TPSA) is 67.2 Å². The largest absolute Gasteiger partial charge is 0.307 e. The number of amides is 1. The number of nitrogens with two attached hydrogens (primary N) is 1. The van der Waals surface area contributed by atoms with Crippen molar-refractivity contribution in [3.63, 3.8) is 0 Å². The Morgan fingerprint density at radius 3 is 2.00 bits per heavy atom. The Kier molecular flexibility index (Phi) is 5.55. The standard InChI is InChI=1S/C5H13N3O.ClH/c1-5(2,7-3)4(9)8-6;/h7H,6H2,1-3H3,(H,8,9);1H. The summed E-state index contributed by atoms with van der Waals surface area (Å²) in [6, 6.07) is 0. The van der Waals surface area contributed by atoms with Gasteiger partial charge in [-0.1, -0.05) is 0 Å². The molecule has 0 saturated heterocycles. The molecule has 0 bridgehead atoms. The highest BCUT2D eigenvalue weighted by atomic mass is 35.5. The molecule has 0 aromatic heterocycles. The van der Waals surface area contributed by atoms with Crippen LogP contribution in [-0.2, 0) is 4.79 Å². The zero-order valence-electron chi connectivity index (χ0n) is 6.39. The molecule has 0 rings (SSSR count). The molecule has 4 nitrogen and oxygen atoms in total. The van der Waals surface area contributed by atoms with Crippen LogP contribution in [0.25, 0.3) is 0 Å². The second kappa shape index (κ2) is 4.49. The quantitative estimate of drug-likeness (QED) is 0.292. The fourth-order valence-electron chi connectivity index (χ4n) is 0.294. The maximum Gasteiger partial charge on any atom is 0.253 e. The highest BCUT2D eigenvalue weighted by molar-refractivity contribution is 5.85. The summed E-state index contributed by atoms with van der Waals surface area (Å²) < 4.78 is 0. The molecule has 0 fully saturated rings. The van der Waals surface area contributed by atoms with E-state index in [1.54, 1.807) is 20.9 Å². The number of nitrogens with one attached hydrogen (secondary N) is 2. The summed E-state index contributed by atoms with van der Waals surface area (Å²) in [5, 5.41) is 2.80. The summed E-state index contributed by atoms with van der Waals surface area (Å²) in [5.41, 5.74) is 1.48. The normalized spacial score (nSPS) is 10.0. The zero-order valence-corrected chi connectivity index (χ0v) is 7.21. The van der Waals surface area contributed by atoms with Gasteiger partial charge in [-0.2, -0.15) is 0 Å². The molecule has 0 spiro atoms. The van der Waals surface area contributed by atoms with Gasteiger partial charge in [-0.05, 0) is 20.9 Å². The third kappa shape index (κ3) is 3.00. The zero-order chi connectivity index (χ0) is 7.49. The highest BCUT2D eigenvalue weighted by Gasteiger charge is 2.23. The lowest BCUT2D eigenvalue weighted by atomic mass is 10.1. The van der Waals surface area contributed by atoms with Gasteiger partial charge in [0.1, 0.15) is 0 Å². The second-order valence-electron chi connectivity index (χ2n) is 2.35. The van der Waals surface area contributed by atoms with E-state index >= 15 is 0 Å². The van der Waals surface area contributed by atoms with Gasteiger partial charge < -0.3 is 5.32 Å². The molecule has 0 radical (unpaired) electrons. The Bertz CT molecular complexity index is 115. The van der Waals surface area contributed by atoms with Crippen molar-refractivity contribution in [2.24, 2.45) is 5.84 Å². The molecule has 10 heavy (non-hydrogen) atoms. The van der Waals surface area contributed by atoms with Crippen molar-refractivity contribution in [1.29, 1.82) is 0 Å². The third-order valence-corrected chi connectivity index (χ3v) is 1.32. The minimum atomic E-state index is -0.575. The molecule has 4 N–H and O–H groups in total. The van der Waals surface area contributed by atoms with Crippen LogP contribution in [0.5, 0.6) is 0 Å². The SMILES string of the molecule is CNC(C)(C)C(=O)NN.Cl. The van der Waals surface area contributed by atoms with Crippen LogP contribution in [0.3, 0.4) is 0 Å². The molecule has 0 aliphatic carbocycles. The van der Waals surface area contributed by atoms with Gasteiger partial charge >= 0.3 is 0 Å². The van der Waals surface area contributed by atoms with Crippen LogP contribution in [-0.4, -0.2) is 18.5 Å². The molecular formula is C5H14ClN3O. The molecule has 1 amide bonds. The van der Waals surface area contributed by atoms with Gasteiger partial charge in [0, 0.05) is 0 Å². The second-order valence-corrected chi connectivity index (χ2v) is 2.35. The lowest BCUT2D eigenvalue weighted by Gasteiger charge is -2.20. The number of rotatable bonds is 2. The van der Waals surface area contributed by atoms with Crippen LogP contribution in [0.2, 0.25) is 0 Å². The Morgan fingerprint density at radius 1 is 1.50 bits per heavy atom. The van der Waals surface area contributed by atoms with Crippen LogP contribution in [0.4, 0.5) is 0 Å². The first kappa shape index (κ1) is 12.4. The maximum atomic E-state index is 10.8. The fourth-order valence-corrected chi connectivity index (χ4v) is 0.294. The van der Waals surface area contributed by atoms with Gasteiger partial charge in [-0.15, -0.1) is 12.4 Å². The number of hydrazine groups is 1. The predicted molar refractivity (Wildman–Crippen MR) is 42.7 cm³/mol. The Labute approximate surface area is 66.9 Å². The first-order chi connectivity index (χ1) is 4.04. The molecular weight excluding hydrogens is 154 g/mol. The van der Waals surface area contributed by atoms with Gasteiger partial charge in [-0.3, -0.25) is 10.2 Å². The summed E-state index contributed by atoms with van der Waals surface area (Å²) in [5.74, 6) is 4.68. The van der Waals surface area contributed by atoms with E-state index in [0.29, 0.717) is 0 Å². The first-order valence-corrected chi connectivity index (χ1v) is 2.74. The molecule has 0 atom stereocenters. The van der Waals surface area contributed by atoms with Crippen molar-refractivity contribution in [1.82, 2.24) is 10.7 Å². The van der Waals surface area contributed by atoms with E-state index in [1.807, 2.05) is 0 Å². The molecule has 0 aliphatic heterocycles. The van der Waals surface area contributed by atoms with E-state index < -0.39 is 5.54 Å². The van der Waals surface area contributed by atoms with Crippen molar-refractivity contribution < 1.29 is 4.79 Å². The molecule has 0 aromatic carbocycles. The van der Waals surface area contributed by atoms with Crippen molar-refractivity contribution in [3.8, 4) is 0 Å². The van der Waals surface area contributed by atoms with Crippen LogP contribution < -0.4 is 16.6 Å². The average Bonchev–Trinajstić information content (AvgIpc) is 1.86. The minimum absolute atomic E-state index is 0. The van der Waals surface area contributed by atoms with Crippen molar-refractivity contribution >= 4 is 18.3 Å². The summed E-state index contributed by atoms with van der Waals surface area (Å²) in [6.07, 6.45) is 0. The molecule has 0 saturated carbocycles. The smallest absolute Gasteiger partial charge is 0.253 e. The molecule has 62 valence electrons. The van der Waals surface area contributed by atoms with Gasteiger partial charge in [0.15, 0.2) is 0 Å². The number of hydrogen-bond donors (Lipinski definition) is 3. The van der Waals surface area contributed by atoms with Crippen LogP contribution in [0.15, 0.2) is 0 Å². The Morgan fingerprint density at radius 2 is 1.90 bits per heavy atom. The van der Waals surface area contributed by atoms with E-state index in [4.69, 9.17) is 5.84 Å². The third-order valence-electron chi connectivity index (χ3n) is 1.32.